The fourth-order valence-electron chi connectivity index (χ4n) is 1.85. The van der Waals surface area contributed by atoms with Crippen molar-refractivity contribution in [1.29, 1.82) is 0 Å². The summed E-state index contributed by atoms with van der Waals surface area (Å²) < 4.78 is 0. The molecule has 3 nitrogen and oxygen atoms in total. The van der Waals surface area contributed by atoms with Gasteiger partial charge in [-0.15, -0.1) is 0 Å². The zero-order valence-electron chi connectivity index (χ0n) is 11.7. The van der Waals surface area contributed by atoms with Gasteiger partial charge in [-0.05, 0) is 17.5 Å². The molecule has 0 radical (unpaired) electrons. The van der Waals surface area contributed by atoms with E-state index in [-0.39, 0.29) is 5.92 Å². The van der Waals surface area contributed by atoms with Crippen molar-refractivity contribution in [3.63, 3.8) is 0 Å². The highest BCUT2D eigenvalue weighted by molar-refractivity contribution is 5.75. The lowest BCUT2D eigenvalue weighted by Gasteiger charge is -2.08. The summed E-state index contributed by atoms with van der Waals surface area (Å²) in [5.41, 5.74) is 7.42. The van der Waals surface area contributed by atoms with E-state index in [0.717, 1.165) is 5.56 Å². The van der Waals surface area contributed by atoms with Crippen LogP contribution in [0.5, 0.6) is 0 Å². The Hall–Kier alpha value is -2.13. The number of nitrogens with two attached hydrogens (primary N) is 1. The molecule has 0 aliphatic heterocycles. The standard InChI is InChI=1S/C10H12O2.C7H9N/c1-2-9(10(11)12)8-6-4-3-5-7-8;8-6-7-4-2-1-3-5-7/h3-7,9H,2H2,1H3,(H,11,12);1-5H,6,8H2. The van der Waals surface area contributed by atoms with Gasteiger partial charge in [0, 0.05) is 6.54 Å². The van der Waals surface area contributed by atoms with Gasteiger partial charge in [-0.2, -0.15) is 0 Å². The highest BCUT2D eigenvalue weighted by atomic mass is 16.4. The quantitative estimate of drug-likeness (QED) is 0.895. The van der Waals surface area contributed by atoms with Gasteiger partial charge in [0.25, 0.3) is 0 Å². The van der Waals surface area contributed by atoms with E-state index in [2.05, 4.69) is 0 Å². The van der Waals surface area contributed by atoms with E-state index in [1.54, 1.807) is 0 Å². The summed E-state index contributed by atoms with van der Waals surface area (Å²) in [6, 6.07) is 19.3. The summed E-state index contributed by atoms with van der Waals surface area (Å²) in [6.07, 6.45) is 0.638. The minimum atomic E-state index is -0.747. The van der Waals surface area contributed by atoms with Gasteiger partial charge in [0.05, 0.1) is 5.92 Å². The molecular weight excluding hydrogens is 250 g/mol. The largest absolute Gasteiger partial charge is 0.481 e. The maximum absolute atomic E-state index is 10.7. The summed E-state index contributed by atoms with van der Waals surface area (Å²) in [4.78, 5) is 10.7. The number of hydrogen-bond acceptors (Lipinski definition) is 2. The Labute approximate surface area is 120 Å². The van der Waals surface area contributed by atoms with Gasteiger partial charge in [0.2, 0.25) is 0 Å². The maximum atomic E-state index is 10.7. The topological polar surface area (TPSA) is 63.3 Å². The van der Waals surface area contributed by atoms with Crippen LogP contribution >= 0.6 is 0 Å². The van der Waals surface area contributed by atoms with Gasteiger partial charge in [-0.1, -0.05) is 67.6 Å². The van der Waals surface area contributed by atoms with Crippen LogP contribution in [0.4, 0.5) is 0 Å². The zero-order valence-corrected chi connectivity index (χ0v) is 11.7. The van der Waals surface area contributed by atoms with E-state index >= 15 is 0 Å². The molecule has 3 heteroatoms. The van der Waals surface area contributed by atoms with Crippen LogP contribution in [0, 0.1) is 0 Å². The van der Waals surface area contributed by atoms with Crippen molar-refractivity contribution in [2.45, 2.75) is 25.8 Å². The average molecular weight is 271 g/mol. The minimum absolute atomic E-state index is 0.355. The number of rotatable bonds is 4. The van der Waals surface area contributed by atoms with Gasteiger partial charge in [0.1, 0.15) is 0 Å². The SMILES string of the molecule is CCC(C(=O)O)c1ccccc1.NCc1ccccc1. The van der Waals surface area contributed by atoms with Crippen LogP contribution in [0.1, 0.15) is 30.4 Å². The predicted octanol–water partition coefficient (Wildman–Crippen LogP) is 3.41. The minimum Gasteiger partial charge on any atom is -0.481 e. The Bertz CT molecular complexity index is 497. The Balaban J connectivity index is 0.000000217. The number of benzene rings is 2. The van der Waals surface area contributed by atoms with Gasteiger partial charge in [-0.3, -0.25) is 4.79 Å². The van der Waals surface area contributed by atoms with Crippen molar-refractivity contribution in [2.75, 3.05) is 0 Å². The first-order valence-corrected chi connectivity index (χ1v) is 6.70. The molecule has 0 saturated heterocycles. The molecule has 2 rings (SSSR count). The number of aliphatic carboxylic acids is 1. The summed E-state index contributed by atoms with van der Waals surface area (Å²) >= 11 is 0. The molecule has 0 heterocycles. The molecule has 1 unspecified atom stereocenters. The average Bonchev–Trinajstić information content (AvgIpc) is 2.50. The van der Waals surface area contributed by atoms with Crippen LogP contribution < -0.4 is 5.73 Å². The molecule has 20 heavy (non-hydrogen) atoms. The normalized spacial score (nSPS) is 11.1. The third-order valence-corrected chi connectivity index (χ3v) is 2.99. The van der Waals surface area contributed by atoms with Crippen LogP contribution in [0.2, 0.25) is 0 Å². The molecule has 0 aliphatic rings. The molecule has 0 spiro atoms. The third-order valence-electron chi connectivity index (χ3n) is 2.99. The van der Waals surface area contributed by atoms with E-state index in [1.165, 1.54) is 5.56 Å². The molecule has 3 N–H and O–H groups in total. The first-order chi connectivity index (χ1) is 9.69. The molecule has 2 aromatic rings. The molecule has 0 saturated carbocycles. The van der Waals surface area contributed by atoms with Crippen LogP contribution in [0.15, 0.2) is 60.7 Å². The Morgan fingerprint density at radius 3 is 1.90 bits per heavy atom. The lowest BCUT2D eigenvalue weighted by atomic mass is 9.97. The van der Waals surface area contributed by atoms with Crippen molar-refractivity contribution < 1.29 is 9.90 Å². The lowest BCUT2D eigenvalue weighted by molar-refractivity contribution is -0.138. The lowest BCUT2D eigenvalue weighted by Crippen LogP contribution is -2.09. The second-order valence-corrected chi connectivity index (χ2v) is 4.40. The molecule has 0 aromatic heterocycles. The fourth-order valence-corrected chi connectivity index (χ4v) is 1.85. The van der Waals surface area contributed by atoms with E-state index in [0.29, 0.717) is 13.0 Å². The van der Waals surface area contributed by atoms with Crippen molar-refractivity contribution in [3.05, 3.63) is 71.8 Å². The Kier molecular flexibility index (Phi) is 7.07. The van der Waals surface area contributed by atoms with Crippen molar-refractivity contribution in [2.24, 2.45) is 5.73 Å². The Morgan fingerprint density at radius 2 is 1.55 bits per heavy atom. The molecule has 106 valence electrons. The van der Waals surface area contributed by atoms with Crippen LogP contribution in [-0.2, 0) is 11.3 Å². The van der Waals surface area contributed by atoms with Crippen molar-refractivity contribution in [3.8, 4) is 0 Å². The number of carboxylic acids is 1. The highest BCUT2D eigenvalue weighted by Gasteiger charge is 2.16. The van der Waals surface area contributed by atoms with Crippen molar-refractivity contribution >= 4 is 5.97 Å². The smallest absolute Gasteiger partial charge is 0.310 e. The number of hydrogen-bond donors (Lipinski definition) is 2. The van der Waals surface area contributed by atoms with E-state index in [9.17, 15) is 4.79 Å². The third kappa shape index (κ3) is 5.24. The molecular formula is C17H21NO2. The predicted molar refractivity (Wildman–Crippen MR) is 81.4 cm³/mol. The van der Waals surface area contributed by atoms with Crippen molar-refractivity contribution in [1.82, 2.24) is 0 Å². The second-order valence-electron chi connectivity index (χ2n) is 4.40. The zero-order chi connectivity index (χ0) is 14.8. The first kappa shape index (κ1) is 15.9. The molecule has 0 aliphatic carbocycles. The Morgan fingerprint density at radius 1 is 1.05 bits per heavy atom. The van der Waals surface area contributed by atoms with Crippen LogP contribution in [0.3, 0.4) is 0 Å². The van der Waals surface area contributed by atoms with E-state index in [4.69, 9.17) is 10.8 Å². The summed E-state index contributed by atoms with van der Waals surface area (Å²) in [5.74, 6) is -1.10. The number of carboxylic acid groups (broad SMARTS) is 1. The summed E-state index contributed by atoms with van der Waals surface area (Å²) in [6.45, 7) is 2.52. The van der Waals surface area contributed by atoms with Gasteiger partial charge >= 0.3 is 5.97 Å². The van der Waals surface area contributed by atoms with Crippen LogP contribution in [-0.4, -0.2) is 11.1 Å². The fraction of sp³-hybridized carbons (Fsp3) is 0.235. The van der Waals surface area contributed by atoms with Crippen LogP contribution in [0.25, 0.3) is 0 Å². The molecule has 1 atom stereocenters. The van der Waals surface area contributed by atoms with E-state index in [1.807, 2.05) is 67.6 Å². The highest BCUT2D eigenvalue weighted by Crippen LogP contribution is 2.18. The second kappa shape index (κ2) is 8.88. The van der Waals surface area contributed by atoms with Gasteiger partial charge in [-0.25, -0.2) is 0 Å². The summed E-state index contributed by atoms with van der Waals surface area (Å²) in [5, 5.41) is 8.83. The van der Waals surface area contributed by atoms with Gasteiger partial charge in [0.15, 0.2) is 0 Å². The maximum Gasteiger partial charge on any atom is 0.310 e. The molecule has 0 amide bonds. The first-order valence-electron chi connectivity index (χ1n) is 6.70. The number of carbonyl (C=O) groups is 1. The molecule has 2 aromatic carbocycles. The monoisotopic (exact) mass is 271 g/mol. The summed E-state index contributed by atoms with van der Waals surface area (Å²) in [7, 11) is 0. The molecule has 0 bridgehead atoms. The molecule has 0 fully saturated rings. The van der Waals surface area contributed by atoms with Gasteiger partial charge < -0.3 is 10.8 Å². The van der Waals surface area contributed by atoms with E-state index < -0.39 is 5.97 Å².